The van der Waals surface area contributed by atoms with Crippen LogP contribution in [0.1, 0.15) is 41.3 Å². The Morgan fingerprint density at radius 1 is 1.14 bits per heavy atom. The Kier molecular flexibility index (Phi) is 6.59. The molecule has 182 valence electrons. The molecule has 1 aliphatic rings. The van der Waals surface area contributed by atoms with Crippen molar-refractivity contribution in [3.8, 4) is 17.2 Å². The van der Waals surface area contributed by atoms with Gasteiger partial charge in [-0.05, 0) is 29.2 Å². The summed E-state index contributed by atoms with van der Waals surface area (Å²) in [5.41, 5.74) is 11.2. The standard InChI is InChI=1S/C28H27N5O2S/c1-17(2)18-8-10-20(11-9-18)31-27-23(28(34)33-12-14-35-15-13-33)24-25(36-27)22(19-6-4-3-5-7-19)21(16-29)26(30)32-24/h3-11,17,31H,12-15H2,1-2H3,(H2,30,32). The van der Waals surface area contributed by atoms with Crippen molar-refractivity contribution in [1.82, 2.24) is 9.88 Å². The minimum absolute atomic E-state index is 0.116. The van der Waals surface area contributed by atoms with Crippen molar-refractivity contribution in [3.63, 3.8) is 0 Å². The van der Waals surface area contributed by atoms with Crippen LogP contribution >= 0.6 is 11.3 Å². The summed E-state index contributed by atoms with van der Waals surface area (Å²) < 4.78 is 6.21. The molecule has 1 saturated heterocycles. The predicted molar refractivity (Wildman–Crippen MR) is 145 cm³/mol. The third-order valence-electron chi connectivity index (χ3n) is 6.37. The molecule has 0 atom stereocenters. The Morgan fingerprint density at radius 3 is 2.47 bits per heavy atom. The molecule has 1 amide bonds. The van der Waals surface area contributed by atoms with Crippen LogP contribution in [0.3, 0.4) is 0 Å². The van der Waals surface area contributed by atoms with Gasteiger partial charge < -0.3 is 20.7 Å². The second-order valence-electron chi connectivity index (χ2n) is 9.02. The molecular weight excluding hydrogens is 470 g/mol. The molecule has 2 aromatic carbocycles. The summed E-state index contributed by atoms with van der Waals surface area (Å²) >= 11 is 1.42. The SMILES string of the molecule is CC(C)c1ccc(Nc2sc3c(-c4ccccc4)c(C#N)c(N)nc3c2C(=O)N2CCOCC2)cc1. The number of rotatable bonds is 5. The number of amides is 1. The zero-order chi connectivity index (χ0) is 25.2. The molecule has 8 heteroatoms. The number of pyridine rings is 1. The summed E-state index contributed by atoms with van der Waals surface area (Å²) in [6, 6.07) is 20.1. The molecule has 5 rings (SSSR count). The van der Waals surface area contributed by atoms with Crippen molar-refractivity contribution in [3.05, 3.63) is 71.3 Å². The minimum atomic E-state index is -0.124. The van der Waals surface area contributed by atoms with Crippen molar-refractivity contribution in [1.29, 1.82) is 5.26 Å². The van der Waals surface area contributed by atoms with Crippen LogP contribution in [0.25, 0.3) is 21.3 Å². The van der Waals surface area contributed by atoms with E-state index in [1.807, 2.05) is 42.5 Å². The number of benzene rings is 2. The average Bonchev–Trinajstić information content (AvgIpc) is 3.25. The van der Waals surface area contributed by atoms with Gasteiger partial charge in [0, 0.05) is 24.3 Å². The highest BCUT2D eigenvalue weighted by Gasteiger charge is 2.29. The highest BCUT2D eigenvalue weighted by Crippen LogP contribution is 2.44. The number of fused-ring (bicyclic) bond motifs is 1. The van der Waals surface area contributed by atoms with Crippen molar-refractivity contribution in [2.75, 3.05) is 37.4 Å². The van der Waals surface area contributed by atoms with Gasteiger partial charge in [0.2, 0.25) is 0 Å². The molecule has 0 bridgehead atoms. The number of hydrogen-bond donors (Lipinski definition) is 2. The summed E-state index contributed by atoms with van der Waals surface area (Å²) in [5.74, 6) is 0.416. The number of carbonyl (C=O) groups is 1. The van der Waals surface area contributed by atoms with Crippen LogP contribution < -0.4 is 11.1 Å². The van der Waals surface area contributed by atoms with Crippen LogP contribution in [0.4, 0.5) is 16.5 Å². The summed E-state index contributed by atoms with van der Waals surface area (Å²) in [6.07, 6.45) is 0. The number of carbonyl (C=O) groups excluding carboxylic acids is 1. The third kappa shape index (κ3) is 4.39. The zero-order valence-electron chi connectivity index (χ0n) is 20.2. The average molecular weight is 498 g/mol. The van der Waals surface area contributed by atoms with Crippen molar-refractivity contribution < 1.29 is 9.53 Å². The van der Waals surface area contributed by atoms with Crippen LogP contribution in [-0.2, 0) is 4.74 Å². The van der Waals surface area contributed by atoms with Crippen LogP contribution in [0, 0.1) is 11.3 Å². The summed E-state index contributed by atoms with van der Waals surface area (Å²) in [6.45, 7) is 6.32. The van der Waals surface area contributed by atoms with E-state index in [4.69, 9.17) is 10.5 Å². The highest BCUT2D eigenvalue weighted by molar-refractivity contribution is 7.24. The normalized spacial score (nSPS) is 13.7. The molecule has 0 unspecified atom stereocenters. The Bertz CT molecular complexity index is 1450. The molecule has 36 heavy (non-hydrogen) atoms. The number of aromatic nitrogens is 1. The van der Waals surface area contributed by atoms with E-state index in [2.05, 4.69) is 42.4 Å². The molecule has 0 radical (unpaired) electrons. The number of morpholine rings is 1. The van der Waals surface area contributed by atoms with Crippen LogP contribution in [0.15, 0.2) is 54.6 Å². The lowest BCUT2D eigenvalue weighted by atomic mass is 10.00. The van der Waals surface area contributed by atoms with Crippen molar-refractivity contribution >= 4 is 44.0 Å². The molecule has 3 N–H and O–H groups in total. The lowest BCUT2D eigenvalue weighted by Gasteiger charge is -2.27. The molecule has 1 fully saturated rings. The van der Waals surface area contributed by atoms with E-state index in [1.165, 1.54) is 16.9 Å². The maximum atomic E-state index is 13.8. The van der Waals surface area contributed by atoms with E-state index in [0.717, 1.165) is 16.0 Å². The number of hydrogen-bond acceptors (Lipinski definition) is 7. The topological polar surface area (TPSA) is 104 Å². The fraction of sp³-hybridized carbons (Fsp3) is 0.250. The van der Waals surface area contributed by atoms with Gasteiger partial charge in [-0.3, -0.25) is 4.79 Å². The first-order valence-electron chi connectivity index (χ1n) is 11.9. The van der Waals surface area contributed by atoms with Gasteiger partial charge in [0.25, 0.3) is 5.91 Å². The predicted octanol–water partition coefficient (Wildman–Crippen LogP) is 5.76. The molecular formula is C28H27N5O2S. The lowest BCUT2D eigenvalue weighted by Crippen LogP contribution is -2.40. The highest BCUT2D eigenvalue weighted by atomic mass is 32.1. The van der Waals surface area contributed by atoms with Crippen LogP contribution in [-0.4, -0.2) is 42.1 Å². The van der Waals surface area contributed by atoms with E-state index in [9.17, 15) is 10.1 Å². The smallest absolute Gasteiger partial charge is 0.259 e. The van der Waals surface area contributed by atoms with Crippen LogP contribution in [0.2, 0.25) is 0 Å². The largest absolute Gasteiger partial charge is 0.383 e. The van der Waals surface area contributed by atoms with Gasteiger partial charge in [-0.15, -0.1) is 11.3 Å². The Labute approximate surface area is 214 Å². The fourth-order valence-corrected chi connectivity index (χ4v) is 5.63. The van der Waals surface area contributed by atoms with Gasteiger partial charge in [-0.1, -0.05) is 56.3 Å². The molecule has 1 aliphatic heterocycles. The van der Waals surface area contributed by atoms with Gasteiger partial charge in [0.05, 0.1) is 23.4 Å². The summed E-state index contributed by atoms with van der Waals surface area (Å²) in [7, 11) is 0. The number of thiophene rings is 1. The van der Waals surface area contributed by atoms with Crippen molar-refractivity contribution in [2.24, 2.45) is 0 Å². The lowest BCUT2D eigenvalue weighted by molar-refractivity contribution is 0.0305. The number of ether oxygens (including phenoxy) is 1. The van der Waals surface area contributed by atoms with Gasteiger partial charge in [-0.25, -0.2) is 4.98 Å². The summed E-state index contributed by atoms with van der Waals surface area (Å²) in [4.78, 5) is 20.2. The maximum Gasteiger partial charge on any atom is 0.259 e. The Morgan fingerprint density at radius 2 is 1.83 bits per heavy atom. The van der Waals surface area contributed by atoms with Gasteiger partial charge in [-0.2, -0.15) is 5.26 Å². The molecule has 0 spiro atoms. The molecule has 0 saturated carbocycles. The Hall–Kier alpha value is -3.93. The first-order chi connectivity index (χ1) is 17.5. The first-order valence-corrected chi connectivity index (χ1v) is 12.7. The summed E-state index contributed by atoms with van der Waals surface area (Å²) in [5, 5.41) is 14.1. The monoisotopic (exact) mass is 497 g/mol. The van der Waals surface area contributed by atoms with E-state index < -0.39 is 0 Å². The number of nitrogen functional groups attached to an aromatic ring is 1. The van der Waals surface area contributed by atoms with E-state index in [0.29, 0.717) is 59.4 Å². The number of nitrogens with two attached hydrogens (primary N) is 1. The first kappa shape index (κ1) is 23.8. The van der Waals surface area contributed by atoms with Gasteiger partial charge >= 0.3 is 0 Å². The molecule has 0 aliphatic carbocycles. The molecule has 4 aromatic rings. The Balaban J connectivity index is 1.72. The van der Waals surface area contributed by atoms with E-state index in [-0.39, 0.29) is 11.7 Å². The molecule has 2 aromatic heterocycles. The quantitative estimate of drug-likeness (QED) is 0.363. The zero-order valence-corrected chi connectivity index (χ0v) is 21.1. The van der Waals surface area contributed by atoms with Gasteiger partial charge in [0.1, 0.15) is 28.0 Å². The second-order valence-corrected chi connectivity index (χ2v) is 10.0. The third-order valence-corrected chi connectivity index (χ3v) is 7.48. The van der Waals surface area contributed by atoms with Crippen molar-refractivity contribution in [2.45, 2.75) is 19.8 Å². The van der Waals surface area contributed by atoms with Crippen LogP contribution in [0.5, 0.6) is 0 Å². The number of nitrogens with zero attached hydrogens (tertiary/aromatic N) is 3. The fourth-order valence-electron chi connectivity index (χ4n) is 4.40. The number of anilines is 3. The van der Waals surface area contributed by atoms with E-state index in [1.54, 1.807) is 4.90 Å². The number of nitrogens with one attached hydrogen (secondary N) is 1. The minimum Gasteiger partial charge on any atom is -0.383 e. The molecule has 3 heterocycles. The second kappa shape index (κ2) is 9.97. The van der Waals surface area contributed by atoms with Gasteiger partial charge in [0.15, 0.2) is 0 Å². The maximum absolute atomic E-state index is 13.8. The molecule has 7 nitrogen and oxygen atoms in total. The number of nitriles is 1. The van der Waals surface area contributed by atoms with E-state index >= 15 is 0 Å².